The number of hydrogen-bond acceptors (Lipinski definition) is 21. The number of thioether (sulfide) groups is 1. The third-order valence-corrected chi connectivity index (χ3v) is 17.1. The van der Waals surface area contributed by atoms with E-state index in [2.05, 4.69) is 10.6 Å². The number of fused-ring (bicyclic) bond motifs is 5. The Morgan fingerprint density at radius 1 is 0.867 bits per heavy atom. The van der Waals surface area contributed by atoms with E-state index in [-0.39, 0.29) is 98.3 Å². The van der Waals surface area contributed by atoms with Gasteiger partial charge in [0.25, 0.3) is 0 Å². The predicted octanol–water partition coefficient (Wildman–Crippen LogP) is 4.66. The van der Waals surface area contributed by atoms with Crippen LogP contribution >= 0.6 is 11.8 Å². The van der Waals surface area contributed by atoms with E-state index in [9.17, 15) is 48.9 Å². The van der Waals surface area contributed by atoms with Crippen molar-refractivity contribution in [2.24, 2.45) is 22.7 Å². The van der Waals surface area contributed by atoms with Crippen molar-refractivity contribution in [1.29, 1.82) is 0 Å². The largest absolute Gasteiger partial charge is 0.455 e. The second-order valence-corrected chi connectivity index (χ2v) is 24.6. The number of esters is 4. The molecule has 1 saturated heterocycles. The molecule has 1 aliphatic heterocycles. The molecule has 22 nitrogen and oxygen atoms in total. The van der Waals surface area contributed by atoms with Gasteiger partial charge in [-0.25, -0.2) is 14.4 Å². The molecule has 5 N–H and O–H groups in total. The van der Waals surface area contributed by atoms with Crippen molar-refractivity contribution in [3.05, 3.63) is 82.9 Å². The average molecular weight is 1180 g/mol. The van der Waals surface area contributed by atoms with E-state index in [1.54, 1.807) is 57.2 Å². The van der Waals surface area contributed by atoms with E-state index < -0.39 is 137 Å². The van der Waals surface area contributed by atoms with Gasteiger partial charge in [-0.3, -0.25) is 28.8 Å². The molecule has 83 heavy (non-hydrogen) atoms. The molecule has 12 atom stereocenters. The Kier molecular flexibility index (Phi) is 22.1. The first kappa shape index (κ1) is 66.1. The highest BCUT2D eigenvalue weighted by Crippen LogP contribution is 2.64. The van der Waals surface area contributed by atoms with E-state index in [4.69, 9.17) is 37.9 Å². The van der Waals surface area contributed by atoms with Gasteiger partial charge in [-0.2, -0.15) is 11.8 Å². The molecule has 0 radical (unpaired) electrons. The first-order valence-corrected chi connectivity index (χ1v) is 29.0. The highest BCUT2D eigenvalue weighted by molar-refractivity contribution is 7.99. The van der Waals surface area contributed by atoms with Crippen LogP contribution in [-0.2, 0) is 71.5 Å². The highest BCUT2D eigenvalue weighted by atomic mass is 32.2. The summed E-state index contributed by atoms with van der Waals surface area (Å²) in [5, 5.41) is 43.6. The summed E-state index contributed by atoms with van der Waals surface area (Å²) in [4.78, 5) is 124. The number of alkyl carbamates (subject to hydrolysis) is 1. The topological polar surface area (TPSA) is 312 Å². The zero-order chi connectivity index (χ0) is 61.2. The summed E-state index contributed by atoms with van der Waals surface area (Å²) in [5.74, 6) is -8.01. The normalized spacial score (nSPS) is 27.3. The lowest BCUT2D eigenvalue weighted by Gasteiger charge is -2.67. The van der Waals surface area contributed by atoms with Crippen molar-refractivity contribution in [2.45, 2.75) is 161 Å². The molecule has 1 heterocycles. The number of carbonyl (C=O) groups is 9. The van der Waals surface area contributed by atoms with Gasteiger partial charge in [0, 0.05) is 50.2 Å². The number of rotatable bonds is 26. The van der Waals surface area contributed by atoms with Crippen molar-refractivity contribution >= 4 is 65.0 Å². The maximum Gasteiger partial charge on any atom is 0.408 e. The number of amides is 2. The summed E-state index contributed by atoms with van der Waals surface area (Å²) >= 11 is 1.39. The summed E-state index contributed by atoms with van der Waals surface area (Å²) in [6.45, 7) is 14.6. The molecule has 0 aromatic heterocycles. The number of ether oxygens (including phenoxy) is 8. The second-order valence-electron chi connectivity index (χ2n) is 23.3. The third kappa shape index (κ3) is 15.1. The van der Waals surface area contributed by atoms with Gasteiger partial charge in [-0.05, 0) is 76.1 Å². The zero-order valence-electron chi connectivity index (χ0n) is 48.9. The van der Waals surface area contributed by atoms with Crippen LogP contribution in [0.3, 0.4) is 0 Å². The minimum atomic E-state index is -2.51. The second kappa shape index (κ2) is 27.8. The molecular weight excluding hydrogens is 1100 g/mol. The number of Topliss-reactive ketones (excluding diaryl/α,β-unsaturated/α-hetero) is 3. The predicted molar refractivity (Wildman–Crippen MR) is 298 cm³/mol. The lowest BCUT2D eigenvalue weighted by atomic mass is 9.44. The van der Waals surface area contributed by atoms with E-state index in [1.807, 2.05) is 6.92 Å². The molecule has 23 heteroatoms. The quantitative estimate of drug-likeness (QED) is 0.0370. The van der Waals surface area contributed by atoms with Crippen LogP contribution in [0.5, 0.6) is 0 Å². The molecule has 2 saturated carbocycles. The number of aliphatic hydroxyl groups excluding tert-OH is 2. The smallest absolute Gasteiger partial charge is 0.408 e. The van der Waals surface area contributed by atoms with Gasteiger partial charge in [0.1, 0.15) is 59.8 Å². The molecule has 2 bridgehead atoms. The van der Waals surface area contributed by atoms with Crippen molar-refractivity contribution in [3.63, 3.8) is 0 Å². The average Bonchev–Trinajstić information content (AvgIpc) is 0.789. The van der Waals surface area contributed by atoms with Crippen LogP contribution in [0, 0.1) is 22.7 Å². The molecule has 2 amide bonds. The van der Waals surface area contributed by atoms with E-state index >= 15 is 9.59 Å². The maximum atomic E-state index is 15.3. The van der Waals surface area contributed by atoms with Crippen LogP contribution in [0.15, 0.2) is 71.8 Å². The Morgan fingerprint density at radius 3 is 2.07 bits per heavy atom. The number of benzene rings is 2. The van der Waals surface area contributed by atoms with Gasteiger partial charge < -0.3 is 63.8 Å². The van der Waals surface area contributed by atoms with Gasteiger partial charge in [0.15, 0.2) is 11.4 Å². The molecule has 456 valence electrons. The van der Waals surface area contributed by atoms with Crippen LogP contribution in [0.4, 0.5) is 4.79 Å². The standard InChI is InChI=1S/C60H80N2O20S/c1-11-83-32-39(28-40(65)23-25-76-27-26-75-24-22-34(2)63)52(70)61-31-44(67)79-48(46(37-18-14-12-15-19-37)62-55(73)82-56(5,6)7)54(72)78-41-30-60(74)51(80-53(71)38-20-16-13-17-21-38)49-58(10,50(69)47(68)45(35(41)3)57(60,8)9)42(66)29-43-59(49,33-77-43)81-36(4)64/h12-21,39,41-43,46-49,51,66,68,74H,11,22-33H2,1-10H3,(H,61,70)(H,62,73)/t39?,41-,42-,43+,46-,47+,48+,49-,51-,58+,59-,60+/m0/s1. The van der Waals surface area contributed by atoms with E-state index in [1.165, 1.54) is 70.6 Å². The van der Waals surface area contributed by atoms with E-state index in [0.29, 0.717) is 5.75 Å². The number of ketones is 3. The van der Waals surface area contributed by atoms with Crippen LogP contribution in [0.1, 0.15) is 123 Å². The maximum absolute atomic E-state index is 15.3. The summed E-state index contributed by atoms with van der Waals surface area (Å²) in [6, 6.07) is 14.0. The van der Waals surface area contributed by atoms with Gasteiger partial charge >= 0.3 is 30.0 Å². The van der Waals surface area contributed by atoms with Crippen molar-refractivity contribution in [2.75, 3.05) is 51.1 Å². The van der Waals surface area contributed by atoms with Gasteiger partial charge in [0.2, 0.25) is 12.0 Å². The molecule has 3 aliphatic carbocycles. The molecule has 0 spiro atoms. The Hall–Kier alpha value is -6.08. The molecule has 3 fully saturated rings. The van der Waals surface area contributed by atoms with Crippen LogP contribution in [0.2, 0.25) is 0 Å². The SMILES string of the molecule is CCSCC(CC(=O)CCOCCOCCC(C)=O)C(=O)NCC(=O)O[C@@H](C(=O)O[C@H]1C[C@@]2(O)[C@@H](OC(=O)c3ccccc3)[C@@H]3[C@]4(OC(C)=O)CO[C@@H]4C[C@H](O)[C@@]3(C)C(=O)[C@H](O)C(=C1C)C2(C)C)[C@@H](NC(=O)OC(C)(C)C)c1ccccc1. The van der Waals surface area contributed by atoms with E-state index in [0.717, 1.165) is 6.92 Å². The molecule has 4 aliphatic rings. The first-order chi connectivity index (χ1) is 39.0. The fourth-order valence-corrected chi connectivity index (χ4v) is 12.5. The Bertz CT molecular complexity index is 2730. The Morgan fingerprint density at radius 2 is 1.49 bits per heavy atom. The van der Waals surface area contributed by atoms with Crippen molar-refractivity contribution in [3.8, 4) is 0 Å². The third-order valence-electron chi connectivity index (χ3n) is 16.1. The molecule has 6 rings (SSSR count). The molecule has 2 aromatic rings. The summed E-state index contributed by atoms with van der Waals surface area (Å²) in [7, 11) is 0. The number of hydrogen-bond donors (Lipinski definition) is 5. The summed E-state index contributed by atoms with van der Waals surface area (Å²) in [5.41, 5.74) is -9.18. The number of aliphatic hydroxyl groups is 3. The van der Waals surface area contributed by atoms with Gasteiger partial charge in [0.05, 0.1) is 62.0 Å². The minimum Gasteiger partial charge on any atom is -0.455 e. The van der Waals surface area contributed by atoms with Crippen molar-refractivity contribution in [1.82, 2.24) is 10.6 Å². The van der Waals surface area contributed by atoms with Crippen molar-refractivity contribution < 1.29 is 96.4 Å². The Labute approximate surface area is 487 Å². The minimum absolute atomic E-state index is 0.00650. The van der Waals surface area contributed by atoms with Crippen LogP contribution in [0.25, 0.3) is 0 Å². The van der Waals surface area contributed by atoms with Crippen LogP contribution in [-0.4, -0.2) is 173 Å². The molecular formula is C60H80N2O20S. The Balaban J connectivity index is 1.36. The summed E-state index contributed by atoms with van der Waals surface area (Å²) < 4.78 is 47.1. The van der Waals surface area contributed by atoms with Gasteiger partial charge in [-0.15, -0.1) is 0 Å². The summed E-state index contributed by atoms with van der Waals surface area (Å²) in [6.07, 6.45) is -12.4. The molecule has 1 unspecified atom stereocenters. The zero-order valence-corrected chi connectivity index (χ0v) is 49.7. The number of carbonyl (C=O) groups excluding carboxylic acids is 9. The molecule has 2 aromatic carbocycles. The lowest BCUT2D eigenvalue weighted by Crippen LogP contribution is -2.81. The lowest BCUT2D eigenvalue weighted by molar-refractivity contribution is -0.346. The van der Waals surface area contributed by atoms with Crippen LogP contribution < -0.4 is 10.6 Å². The monoisotopic (exact) mass is 1180 g/mol. The fraction of sp³-hybridized carbons (Fsp3) is 0.617. The number of nitrogens with one attached hydrogen (secondary N) is 2. The van der Waals surface area contributed by atoms with Gasteiger partial charge in [-0.1, -0.05) is 69.3 Å². The fourth-order valence-electron chi connectivity index (χ4n) is 11.7. The highest BCUT2D eigenvalue weighted by Gasteiger charge is 2.78. The first-order valence-electron chi connectivity index (χ1n) is 27.9.